The first-order valence-corrected chi connectivity index (χ1v) is 14.3. The Hall–Kier alpha value is -4.63. The number of aromatic nitrogens is 4. The molecular formula is C34H31ClN6OS. The van der Waals surface area contributed by atoms with Crippen LogP contribution in [-0.4, -0.2) is 36.3 Å². The van der Waals surface area contributed by atoms with Crippen LogP contribution < -0.4 is 10.6 Å². The number of rotatable bonds is 9. The number of hydrogen-bond acceptors (Lipinski definition) is 5. The van der Waals surface area contributed by atoms with E-state index < -0.39 is 5.60 Å². The first-order valence-electron chi connectivity index (χ1n) is 13.6. The summed E-state index contributed by atoms with van der Waals surface area (Å²) in [5.41, 5.74) is 4.67. The minimum atomic E-state index is -1.53. The monoisotopic (exact) mass is 606 g/mol. The van der Waals surface area contributed by atoms with Crippen molar-refractivity contribution in [1.82, 2.24) is 24.8 Å². The van der Waals surface area contributed by atoms with Crippen molar-refractivity contribution in [1.29, 1.82) is 0 Å². The molecule has 0 saturated carbocycles. The van der Waals surface area contributed by atoms with E-state index in [2.05, 4.69) is 34.8 Å². The van der Waals surface area contributed by atoms with E-state index in [4.69, 9.17) is 33.8 Å². The zero-order valence-electron chi connectivity index (χ0n) is 23.9. The molecule has 2 heterocycles. The molecule has 0 spiro atoms. The van der Waals surface area contributed by atoms with Crippen molar-refractivity contribution in [2.75, 3.05) is 11.9 Å². The maximum Gasteiger partial charge on any atom is 0.230 e. The number of nitrogens with zero attached hydrogens (tertiary/aromatic N) is 4. The van der Waals surface area contributed by atoms with Gasteiger partial charge in [0.25, 0.3) is 0 Å². The molecule has 3 N–H and O–H groups in total. The van der Waals surface area contributed by atoms with Crippen LogP contribution in [0.25, 0.3) is 22.2 Å². The van der Waals surface area contributed by atoms with E-state index >= 15 is 0 Å². The summed E-state index contributed by atoms with van der Waals surface area (Å²) in [4.78, 5) is 14.0. The van der Waals surface area contributed by atoms with Crippen molar-refractivity contribution in [3.63, 3.8) is 0 Å². The molecule has 5 rings (SSSR count). The smallest absolute Gasteiger partial charge is 0.230 e. The van der Waals surface area contributed by atoms with Crippen LogP contribution in [0.15, 0.2) is 116 Å². The van der Waals surface area contributed by atoms with Crippen molar-refractivity contribution in [3.8, 4) is 11.3 Å². The van der Waals surface area contributed by atoms with E-state index in [0.29, 0.717) is 50.7 Å². The number of thiocarbonyl (C=S) groups is 1. The largest absolute Gasteiger partial charge is 0.374 e. The predicted molar refractivity (Wildman–Crippen MR) is 179 cm³/mol. The van der Waals surface area contributed by atoms with E-state index in [1.54, 1.807) is 41.4 Å². The zero-order chi connectivity index (χ0) is 30.6. The molecule has 2 aromatic heterocycles. The van der Waals surface area contributed by atoms with Crippen LogP contribution in [0.5, 0.6) is 0 Å². The standard InChI is InChI=1S/C34H31ClN6OS/c1-5-8-23(6-2)19-37-33(43)40-32-38-29-16-13-26(18-28(29)31(39-32)24-10-7-9-22(3)17-24)34(42,30-20-36-21-41(30)4)25-11-14-27(35)15-12-25/h5-18,20-21,42H,1-2,19H2,3-4H3,(H2,37,38,39,40,43)/b23-8+. The summed E-state index contributed by atoms with van der Waals surface area (Å²) >= 11 is 11.7. The Morgan fingerprint density at radius 1 is 1.07 bits per heavy atom. The van der Waals surface area contributed by atoms with Gasteiger partial charge < -0.3 is 20.3 Å². The van der Waals surface area contributed by atoms with Gasteiger partial charge in [0.2, 0.25) is 5.95 Å². The lowest BCUT2D eigenvalue weighted by molar-refractivity contribution is 0.117. The van der Waals surface area contributed by atoms with Crippen LogP contribution in [0.1, 0.15) is 22.4 Å². The van der Waals surface area contributed by atoms with Gasteiger partial charge in [0.05, 0.1) is 29.4 Å². The highest BCUT2D eigenvalue weighted by Gasteiger charge is 2.37. The molecule has 9 heteroatoms. The lowest BCUT2D eigenvalue weighted by atomic mass is 9.83. The molecule has 3 aromatic carbocycles. The molecule has 0 radical (unpaired) electrons. The minimum Gasteiger partial charge on any atom is -0.374 e. The summed E-state index contributed by atoms with van der Waals surface area (Å²) in [6.07, 6.45) is 8.64. The third-order valence-electron chi connectivity index (χ3n) is 7.13. The number of anilines is 1. The normalized spacial score (nSPS) is 12.9. The summed E-state index contributed by atoms with van der Waals surface area (Å²) in [6, 6.07) is 21.0. The number of benzene rings is 3. The molecule has 0 fully saturated rings. The van der Waals surface area contributed by atoms with Crippen LogP contribution in [0.3, 0.4) is 0 Å². The van der Waals surface area contributed by atoms with E-state index in [1.165, 1.54) is 0 Å². The SMILES string of the molecule is C=C/C=C(\C=C)CNC(=S)Nc1nc(-c2cccc(C)c2)c2cc(C(O)(c3ccc(Cl)cc3)c3cncn3C)ccc2n1. The van der Waals surface area contributed by atoms with Crippen LogP contribution in [-0.2, 0) is 12.6 Å². The lowest BCUT2D eigenvalue weighted by Crippen LogP contribution is -2.31. The Morgan fingerprint density at radius 3 is 2.51 bits per heavy atom. The fraction of sp³-hybridized carbons (Fsp3) is 0.118. The Balaban J connectivity index is 1.64. The van der Waals surface area contributed by atoms with Gasteiger partial charge in [-0.1, -0.05) is 84.9 Å². The van der Waals surface area contributed by atoms with Gasteiger partial charge in [-0.25, -0.2) is 15.0 Å². The first kappa shape index (κ1) is 29.8. The summed E-state index contributed by atoms with van der Waals surface area (Å²) in [7, 11) is 1.85. The summed E-state index contributed by atoms with van der Waals surface area (Å²) < 4.78 is 1.81. The lowest BCUT2D eigenvalue weighted by Gasteiger charge is -2.30. The first-order chi connectivity index (χ1) is 20.7. The third kappa shape index (κ3) is 6.27. The maximum atomic E-state index is 12.5. The molecule has 5 aromatic rings. The van der Waals surface area contributed by atoms with Gasteiger partial charge in [-0.05, 0) is 66.2 Å². The molecule has 1 unspecified atom stereocenters. The molecule has 0 saturated heterocycles. The van der Waals surface area contributed by atoms with Gasteiger partial charge in [-0.2, -0.15) is 0 Å². The molecule has 0 aliphatic heterocycles. The number of aryl methyl sites for hydroxylation is 2. The van der Waals surface area contributed by atoms with E-state index in [-0.39, 0.29) is 0 Å². The van der Waals surface area contributed by atoms with Crippen LogP contribution in [0.2, 0.25) is 5.02 Å². The Kier molecular flexibility index (Phi) is 8.82. The van der Waals surface area contributed by atoms with Gasteiger partial charge in [0.1, 0.15) is 0 Å². The number of allylic oxidation sites excluding steroid dienone is 2. The molecule has 43 heavy (non-hydrogen) atoms. The quantitative estimate of drug-likeness (QED) is 0.125. The summed E-state index contributed by atoms with van der Waals surface area (Å²) in [5.74, 6) is 0.349. The van der Waals surface area contributed by atoms with E-state index in [1.807, 2.05) is 68.6 Å². The van der Waals surface area contributed by atoms with Crippen LogP contribution in [0, 0.1) is 6.92 Å². The molecule has 7 nitrogen and oxygen atoms in total. The van der Waals surface area contributed by atoms with Crippen molar-refractivity contribution in [2.24, 2.45) is 7.05 Å². The number of halogens is 1. The van der Waals surface area contributed by atoms with Crippen molar-refractivity contribution < 1.29 is 5.11 Å². The van der Waals surface area contributed by atoms with Crippen molar-refractivity contribution in [2.45, 2.75) is 12.5 Å². The average Bonchev–Trinajstić information content (AvgIpc) is 3.44. The fourth-order valence-corrected chi connectivity index (χ4v) is 5.25. The topological polar surface area (TPSA) is 87.9 Å². The maximum absolute atomic E-state index is 12.5. The van der Waals surface area contributed by atoms with Crippen molar-refractivity contribution in [3.05, 3.63) is 144 Å². The van der Waals surface area contributed by atoms with Crippen LogP contribution >= 0.6 is 23.8 Å². The molecule has 0 aliphatic rings. The van der Waals surface area contributed by atoms with E-state index in [9.17, 15) is 5.11 Å². The molecule has 216 valence electrons. The highest BCUT2D eigenvalue weighted by atomic mass is 35.5. The van der Waals surface area contributed by atoms with Gasteiger partial charge in [-0.3, -0.25) is 0 Å². The summed E-state index contributed by atoms with van der Waals surface area (Å²) in [5, 5.41) is 20.5. The second-order valence-corrected chi connectivity index (χ2v) is 10.9. The number of imidazole rings is 1. The number of aliphatic hydroxyl groups is 1. The van der Waals surface area contributed by atoms with Gasteiger partial charge in [-0.15, -0.1) is 0 Å². The van der Waals surface area contributed by atoms with Crippen molar-refractivity contribution >= 4 is 45.8 Å². The predicted octanol–water partition coefficient (Wildman–Crippen LogP) is 6.86. The molecular weight excluding hydrogens is 576 g/mol. The van der Waals surface area contributed by atoms with Gasteiger partial charge in [0.15, 0.2) is 10.7 Å². The highest BCUT2D eigenvalue weighted by molar-refractivity contribution is 7.80. The second kappa shape index (κ2) is 12.7. The molecule has 0 aliphatic carbocycles. The van der Waals surface area contributed by atoms with Gasteiger partial charge >= 0.3 is 0 Å². The number of fused-ring (bicyclic) bond motifs is 1. The third-order valence-corrected chi connectivity index (χ3v) is 7.63. The molecule has 0 bridgehead atoms. The van der Waals surface area contributed by atoms with E-state index in [0.717, 1.165) is 22.1 Å². The fourth-order valence-electron chi connectivity index (χ4n) is 4.96. The second-order valence-electron chi connectivity index (χ2n) is 10.1. The Morgan fingerprint density at radius 2 is 1.84 bits per heavy atom. The highest BCUT2D eigenvalue weighted by Crippen LogP contribution is 2.39. The van der Waals surface area contributed by atoms with Gasteiger partial charge in [0, 0.05) is 29.6 Å². The minimum absolute atomic E-state index is 0.349. The van der Waals surface area contributed by atoms with Crippen LogP contribution in [0.4, 0.5) is 5.95 Å². The Labute approximate surface area is 261 Å². The number of hydrogen-bond donors (Lipinski definition) is 3. The Bertz CT molecular complexity index is 1860. The number of nitrogens with one attached hydrogen (secondary N) is 2. The zero-order valence-corrected chi connectivity index (χ0v) is 25.5. The summed E-state index contributed by atoms with van der Waals surface area (Å²) in [6.45, 7) is 10.1. The average molecular weight is 607 g/mol. The molecule has 0 amide bonds. The molecule has 1 atom stereocenters.